The van der Waals surface area contributed by atoms with Gasteiger partial charge in [-0.2, -0.15) is 0 Å². The predicted octanol–water partition coefficient (Wildman–Crippen LogP) is 0.935. The Hall–Kier alpha value is -1.89. The summed E-state index contributed by atoms with van der Waals surface area (Å²) in [4.78, 5) is 16.7. The summed E-state index contributed by atoms with van der Waals surface area (Å²) in [5.74, 6) is 0.950. The van der Waals surface area contributed by atoms with Crippen LogP contribution in [0.1, 0.15) is 6.42 Å². The van der Waals surface area contributed by atoms with Gasteiger partial charge < -0.3 is 0 Å². The highest BCUT2D eigenvalue weighted by atomic mass is 32.2. The molecule has 4 heterocycles. The molecule has 0 saturated carbocycles. The van der Waals surface area contributed by atoms with Gasteiger partial charge in [-0.25, -0.2) is 9.20 Å². The minimum absolute atomic E-state index is 0.0193. The summed E-state index contributed by atoms with van der Waals surface area (Å²) in [6, 6.07) is 3.57. The van der Waals surface area contributed by atoms with E-state index in [-0.39, 0.29) is 5.56 Å². The SMILES string of the molecule is O=c1c2cccnc2c2nnc3n2n1CCCS3. The van der Waals surface area contributed by atoms with Gasteiger partial charge in [0.2, 0.25) is 10.8 Å². The Balaban J connectivity index is 2.32. The van der Waals surface area contributed by atoms with E-state index >= 15 is 0 Å². The molecule has 0 spiro atoms. The van der Waals surface area contributed by atoms with E-state index in [9.17, 15) is 4.79 Å². The van der Waals surface area contributed by atoms with Crippen molar-refractivity contribution in [3.8, 4) is 0 Å². The number of nitrogens with zero attached hydrogens (tertiary/aromatic N) is 5. The third-order valence-electron chi connectivity index (χ3n) is 3.08. The van der Waals surface area contributed by atoms with Crippen LogP contribution in [-0.4, -0.2) is 30.1 Å². The highest BCUT2D eigenvalue weighted by Gasteiger charge is 2.19. The van der Waals surface area contributed by atoms with Gasteiger partial charge in [-0.3, -0.25) is 9.78 Å². The zero-order valence-electron chi connectivity index (χ0n) is 9.41. The zero-order chi connectivity index (χ0) is 12.1. The van der Waals surface area contributed by atoms with Crippen molar-refractivity contribution in [1.29, 1.82) is 0 Å². The van der Waals surface area contributed by atoms with Crippen molar-refractivity contribution in [2.75, 3.05) is 5.75 Å². The first kappa shape index (κ1) is 10.1. The number of hydrogen-bond acceptors (Lipinski definition) is 5. The van der Waals surface area contributed by atoms with Gasteiger partial charge in [0.25, 0.3) is 5.56 Å². The number of fused-ring (bicyclic) bond motifs is 2. The molecule has 3 aromatic heterocycles. The smallest absolute Gasteiger partial charge is 0.267 e. The fraction of sp³-hybridized carbons (Fsp3) is 0.273. The summed E-state index contributed by atoms with van der Waals surface area (Å²) >= 11 is 1.63. The van der Waals surface area contributed by atoms with Crippen LogP contribution in [0.2, 0.25) is 0 Å². The maximum Gasteiger partial charge on any atom is 0.275 e. The first-order chi connectivity index (χ1) is 8.86. The second kappa shape index (κ2) is 3.55. The van der Waals surface area contributed by atoms with Crippen LogP contribution in [0.4, 0.5) is 0 Å². The predicted molar refractivity (Wildman–Crippen MR) is 67.9 cm³/mol. The maximum absolute atomic E-state index is 12.4. The molecule has 1 aliphatic heterocycles. The van der Waals surface area contributed by atoms with E-state index in [2.05, 4.69) is 15.2 Å². The maximum atomic E-state index is 12.4. The molecular weight excluding hydrogens is 250 g/mol. The number of pyridine rings is 1. The summed E-state index contributed by atoms with van der Waals surface area (Å²) in [6.07, 6.45) is 2.63. The minimum atomic E-state index is -0.0193. The fourth-order valence-electron chi connectivity index (χ4n) is 2.29. The summed E-state index contributed by atoms with van der Waals surface area (Å²) in [5, 5.41) is 9.70. The Morgan fingerprint density at radius 2 is 2.28 bits per heavy atom. The number of hydrogen-bond donors (Lipinski definition) is 0. The van der Waals surface area contributed by atoms with E-state index < -0.39 is 0 Å². The molecule has 18 heavy (non-hydrogen) atoms. The molecule has 6 nitrogen and oxygen atoms in total. The van der Waals surface area contributed by atoms with Gasteiger partial charge in [-0.05, 0) is 18.6 Å². The van der Waals surface area contributed by atoms with E-state index in [1.165, 1.54) is 0 Å². The summed E-state index contributed by atoms with van der Waals surface area (Å²) in [6.45, 7) is 0.693. The average molecular weight is 259 g/mol. The molecule has 0 aromatic carbocycles. The summed E-state index contributed by atoms with van der Waals surface area (Å²) in [5.41, 5.74) is 1.27. The second-order valence-corrected chi connectivity index (χ2v) is 5.21. The van der Waals surface area contributed by atoms with Crippen LogP contribution in [0.25, 0.3) is 16.6 Å². The lowest BCUT2D eigenvalue weighted by Crippen LogP contribution is -2.26. The second-order valence-electron chi connectivity index (χ2n) is 4.15. The third kappa shape index (κ3) is 1.19. The van der Waals surface area contributed by atoms with Crippen LogP contribution < -0.4 is 5.56 Å². The Bertz CT molecular complexity index is 821. The van der Waals surface area contributed by atoms with E-state index in [1.807, 2.05) is 0 Å². The largest absolute Gasteiger partial charge is 0.275 e. The molecule has 0 amide bonds. The van der Waals surface area contributed by atoms with Gasteiger partial charge in [0.05, 0.1) is 5.39 Å². The lowest BCUT2D eigenvalue weighted by molar-refractivity contribution is 0.528. The van der Waals surface area contributed by atoms with Crippen molar-refractivity contribution >= 4 is 28.3 Å². The number of thioether (sulfide) groups is 1. The van der Waals surface area contributed by atoms with Gasteiger partial charge in [0.15, 0.2) is 0 Å². The van der Waals surface area contributed by atoms with Gasteiger partial charge in [0, 0.05) is 18.5 Å². The first-order valence-electron chi connectivity index (χ1n) is 5.72. The molecule has 7 heteroatoms. The molecule has 0 radical (unpaired) electrons. The number of aryl methyl sites for hydroxylation is 1. The molecule has 3 aromatic rings. The Morgan fingerprint density at radius 1 is 1.33 bits per heavy atom. The Morgan fingerprint density at radius 3 is 3.22 bits per heavy atom. The lowest BCUT2D eigenvalue weighted by atomic mass is 10.3. The van der Waals surface area contributed by atoms with Crippen molar-refractivity contribution in [3.63, 3.8) is 0 Å². The van der Waals surface area contributed by atoms with Gasteiger partial charge in [-0.15, -0.1) is 10.2 Å². The van der Waals surface area contributed by atoms with Gasteiger partial charge in [0.1, 0.15) is 5.52 Å². The molecule has 0 aliphatic carbocycles. The lowest BCUT2D eigenvalue weighted by Gasteiger charge is -2.08. The topological polar surface area (TPSA) is 65.1 Å². The van der Waals surface area contributed by atoms with E-state index in [4.69, 9.17) is 0 Å². The average Bonchev–Trinajstić information content (AvgIpc) is 2.70. The minimum Gasteiger partial charge on any atom is -0.267 e. The van der Waals surface area contributed by atoms with Crippen LogP contribution in [0.15, 0.2) is 28.3 Å². The molecular formula is C11H9N5OS. The molecule has 0 unspecified atom stereocenters. The molecule has 0 atom stereocenters. The quantitative estimate of drug-likeness (QED) is 0.601. The van der Waals surface area contributed by atoms with Gasteiger partial charge in [-0.1, -0.05) is 11.8 Å². The van der Waals surface area contributed by atoms with Crippen LogP contribution in [0.5, 0.6) is 0 Å². The number of aromatic nitrogens is 5. The highest BCUT2D eigenvalue weighted by molar-refractivity contribution is 7.99. The van der Waals surface area contributed by atoms with Crippen LogP contribution in [-0.2, 0) is 6.54 Å². The van der Waals surface area contributed by atoms with Crippen molar-refractivity contribution in [2.45, 2.75) is 18.1 Å². The molecule has 0 N–H and O–H groups in total. The van der Waals surface area contributed by atoms with E-state index in [0.717, 1.165) is 17.3 Å². The van der Waals surface area contributed by atoms with Crippen LogP contribution in [0.3, 0.4) is 0 Å². The Labute approximate surface area is 106 Å². The summed E-state index contributed by atoms with van der Waals surface area (Å²) < 4.78 is 3.52. The zero-order valence-corrected chi connectivity index (χ0v) is 10.2. The molecule has 1 aliphatic rings. The molecule has 0 fully saturated rings. The fourth-order valence-corrected chi connectivity index (χ4v) is 3.15. The normalized spacial score (nSPS) is 15.1. The highest BCUT2D eigenvalue weighted by Crippen LogP contribution is 2.23. The summed E-state index contributed by atoms with van der Waals surface area (Å²) in [7, 11) is 0. The molecule has 0 saturated heterocycles. The standard InChI is InChI=1S/C11H9N5OS/c17-10-7-3-1-4-12-8(7)9-13-14-11-16(9)15(10)5-2-6-18-11/h1,3-4H,2,5-6H2. The number of rotatable bonds is 0. The van der Waals surface area contributed by atoms with Crippen molar-refractivity contribution < 1.29 is 0 Å². The van der Waals surface area contributed by atoms with Crippen molar-refractivity contribution in [3.05, 3.63) is 28.7 Å². The van der Waals surface area contributed by atoms with E-state index in [0.29, 0.717) is 23.1 Å². The van der Waals surface area contributed by atoms with Crippen molar-refractivity contribution in [2.24, 2.45) is 0 Å². The first-order valence-corrected chi connectivity index (χ1v) is 6.70. The third-order valence-corrected chi connectivity index (χ3v) is 4.09. The van der Waals surface area contributed by atoms with E-state index in [1.54, 1.807) is 39.3 Å². The molecule has 4 rings (SSSR count). The van der Waals surface area contributed by atoms with Crippen LogP contribution in [0, 0.1) is 0 Å². The van der Waals surface area contributed by atoms with Gasteiger partial charge >= 0.3 is 0 Å². The Kier molecular flexibility index (Phi) is 1.99. The van der Waals surface area contributed by atoms with Crippen LogP contribution >= 0.6 is 11.8 Å². The molecule has 0 bridgehead atoms. The molecule has 90 valence electrons. The monoisotopic (exact) mass is 259 g/mol. The van der Waals surface area contributed by atoms with Crippen molar-refractivity contribution in [1.82, 2.24) is 24.4 Å².